The normalized spacial score (nSPS) is 11.1. The first-order valence-electron chi connectivity index (χ1n) is 6.77. The van der Waals surface area contributed by atoms with Gasteiger partial charge in [-0.3, -0.25) is 0 Å². The van der Waals surface area contributed by atoms with E-state index in [1.54, 1.807) is 0 Å². The van der Waals surface area contributed by atoms with E-state index in [1.807, 2.05) is 0 Å². The summed E-state index contributed by atoms with van der Waals surface area (Å²) in [5, 5.41) is 0. The first-order valence-corrected chi connectivity index (χ1v) is 6.77. The Hall–Kier alpha value is -0.520. The predicted molar refractivity (Wildman–Crippen MR) is 75.0 cm³/mol. The Labute approximate surface area is 108 Å². The summed E-state index contributed by atoms with van der Waals surface area (Å²) in [6, 6.07) is 0. The summed E-state index contributed by atoms with van der Waals surface area (Å²) < 4.78 is 5.58. The van der Waals surface area contributed by atoms with Crippen molar-refractivity contribution in [1.29, 1.82) is 0 Å². The van der Waals surface area contributed by atoms with Gasteiger partial charge in [0.05, 0.1) is 6.61 Å². The highest BCUT2D eigenvalue weighted by Gasteiger charge is 2.00. The Bertz CT molecular complexity index is 225. The quantitative estimate of drug-likeness (QED) is 0.477. The van der Waals surface area contributed by atoms with Crippen LogP contribution >= 0.6 is 0 Å². The SMILES string of the molecule is CC(C)C#CCCCOCCN(C)CC(C)C. The minimum Gasteiger partial charge on any atom is -0.380 e. The highest BCUT2D eigenvalue weighted by Crippen LogP contribution is 1.96. The van der Waals surface area contributed by atoms with Gasteiger partial charge >= 0.3 is 0 Å². The maximum absolute atomic E-state index is 5.58. The molecule has 0 aliphatic rings. The maximum atomic E-state index is 5.58. The van der Waals surface area contributed by atoms with Crippen molar-refractivity contribution < 1.29 is 4.74 Å². The van der Waals surface area contributed by atoms with Gasteiger partial charge in [-0.1, -0.05) is 27.7 Å². The van der Waals surface area contributed by atoms with Crippen molar-refractivity contribution in [2.75, 3.05) is 33.4 Å². The summed E-state index contributed by atoms with van der Waals surface area (Å²) in [7, 11) is 2.15. The topological polar surface area (TPSA) is 12.5 Å². The second-order valence-corrected chi connectivity index (χ2v) is 5.35. The fraction of sp³-hybridized carbons (Fsp3) is 0.867. The second-order valence-electron chi connectivity index (χ2n) is 5.35. The zero-order chi connectivity index (χ0) is 13.1. The van der Waals surface area contributed by atoms with Crippen LogP contribution < -0.4 is 0 Å². The third kappa shape index (κ3) is 13.4. The molecule has 0 aromatic heterocycles. The van der Waals surface area contributed by atoms with Crippen molar-refractivity contribution >= 4 is 0 Å². The molecule has 100 valence electrons. The molecular formula is C15H29NO. The molecule has 0 saturated carbocycles. The minimum absolute atomic E-state index is 0.487. The van der Waals surface area contributed by atoms with Gasteiger partial charge in [-0.05, 0) is 19.4 Å². The number of hydrogen-bond donors (Lipinski definition) is 0. The van der Waals surface area contributed by atoms with Crippen molar-refractivity contribution in [3.05, 3.63) is 0 Å². The third-order valence-electron chi connectivity index (χ3n) is 2.28. The highest BCUT2D eigenvalue weighted by molar-refractivity contribution is 5.00. The van der Waals surface area contributed by atoms with E-state index in [2.05, 4.69) is 51.5 Å². The number of ether oxygens (including phenoxy) is 1. The summed E-state index contributed by atoms with van der Waals surface area (Å²) in [6.45, 7) is 12.6. The van der Waals surface area contributed by atoms with Gasteiger partial charge in [0.2, 0.25) is 0 Å². The summed E-state index contributed by atoms with van der Waals surface area (Å²) in [6.07, 6.45) is 2.01. The molecule has 0 aromatic carbocycles. The number of nitrogens with zero attached hydrogens (tertiary/aromatic N) is 1. The molecule has 0 unspecified atom stereocenters. The molecule has 0 aromatic rings. The van der Waals surface area contributed by atoms with E-state index in [9.17, 15) is 0 Å². The van der Waals surface area contributed by atoms with Gasteiger partial charge in [-0.15, -0.1) is 11.8 Å². The summed E-state index contributed by atoms with van der Waals surface area (Å²) >= 11 is 0. The molecule has 2 heteroatoms. The predicted octanol–water partition coefficient (Wildman–Crippen LogP) is 3.03. The van der Waals surface area contributed by atoms with Gasteiger partial charge < -0.3 is 9.64 Å². The van der Waals surface area contributed by atoms with Crippen molar-refractivity contribution in [1.82, 2.24) is 4.90 Å². The summed E-state index contributed by atoms with van der Waals surface area (Å²) in [5.41, 5.74) is 0. The molecule has 0 atom stereocenters. The summed E-state index contributed by atoms with van der Waals surface area (Å²) in [4.78, 5) is 2.32. The molecule has 17 heavy (non-hydrogen) atoms. The van der Waals surface area contributed by atoms with Gasteiger partial charge in [0.1, 0.15) is 0 Å². The maximum Gasteiger partial charge on any atom is 0.0593 e. The standard InChI is InChI=1S/C15H29NO/c1-14(2)9-7-6-8-11-17-12-10-16(5)13-15(3)4/h14-15H,6,8,10-13H2,1-5H3. The molecule has 0 aliphatic heterocycles. The lowest BCUT2D eigenvalue weighted by Crippen LogP contribution is -2.27. The smallest absolute Gasteiger partial charge is 0.0593 e. The van der Waals surface area contributed by atoms with Crippen LogP contribution in [-0.2, 0) is 4.74 Å². The van der Waals surface area contributed by atoms with Crippen LogP contribution in [0.5, 0.6) is 0 Å². The van der Waals surface area contributed by atoms with Crippen molar-refractivity contribution in [3.8, 4) is 11.8 Å². The van der Waals surface area contributed by atoms with Crippen LogP contribution in [0, 0.1) is 23.7 Å². The largest absolute Gasteiger partial charge is 0.380 e. The Kier molecular flexibility index (Phi) is 10.3. The van der Waals surface area contributed by atoms with E-state index >= 15 is 0 Å². The van der Waals surface area contributed by atoms with E-state index in [1.165, 1.54) is 0 Å². The van der Waals surface area contributed by atoms with Gasteiger partial charge in [0.15, 0.2) is 0 Å². The van der Waals surface area contributed by atoms with Crippen LogP contribution in [-0.4, -0.2) is 38.3 Å². The van der Waals surface area contributed by atoms with E-state index in [-0.39, 0.29) is 0 Å². The van der Waals surface area contributed by atoms with Crippen LogP contribution in [0.4, 0.5) is 0 Å². The van der Waals surface area contributed by atoms with Gasteiger partial charge in [-0.2, -0.15) is 0 Å². The number of hydrogen-bond acceptors (Lipinski definition) is 2. The van der Waals surface area contributed by atoms with Crippen LogP contribution in [0.3, 0.4) is 0 Å². The molecule has 0 heterocycles. The van der Waals surface area contributed by atoms with Crippen molar-refractivity contribution in [2.45, 2.75) is 40.5 Å². The number of rotatable bonds is 8. The van der Waals surface area contributed by atoms with Crippen molar-refractivity contribution in [3.63, 3.8) is 0 Å². The average molecular weight is 239 g/mol. The van der Waals surface area contributed by atoms with Crippen LogP contribution in [0.25, 0.3) is 0 Å². The highest BCUT2D eigenvalue weighted by atomic mass is 16.5. The third-order valence-corrected chi connectivity index (χ3v) is 2.28. The molecule has 0 spiro atoms. The minimum atomic E-state index is 0.487. The zero-order valence-corrected chi connectivity index (χ0v) is 12.3. The molecule has 0 aliphatic carbocycles. The molecular weight excluding hydrogens is 210 g/mol. The lowest BCUT2D eigenvalue weighted by Gasteiger charge is -2.18. The van der Waals surface area contributed by atoms with Gasteiger partial charge in [-0.25, -0.2) is 0 Å². The monoisotopic (exact) mass is 239 g/mol. The van der Waals surface area contributed by atoms with Crippen LogP contribution in [0.15, 0.2) is 0 Å². The van der Waals surface area contributed by atoms with Gasteiger partial charge in [0.25, 0.3) is 0 Å². The van der Waals surface area contributed by atoms with Crippen LogP contribution in [0.1, 0.15) is 40.5 Å². The zero-order valence-electron chi connectivity index (χ0n) is 12.3. The lowest BCUT2D eigenvalue weighted by atomic mass is 10.2. The fourth-order valence-corrected chi connectivity index (χ4v) is 1.58. The van der Waals surface area contributed by atoms with Crippen LogP contribution in [0.2, 0.25) is 0 Å². The van der Waals surface area contributed by atoms with E-state index in [4.69, 9.17) is 4.74 Å². The average Bonchev–Trinajstić information content (AvgIpc) is 2.20. The second kappa shape index (κ2) is 10.6. The van der Waals surface area contributed by atoms with E-state index < -0.39 is 0 Å². The van der Waals surface area contributed by atoms with Gasteiger partial charge in [0, 0.05) is 32.0 Å². The first-order chi connectivity index (χ1) is 8.02. The Morgan fingerprint density at radius 3 is 2.41 bits per heavy atom. The number of likely N-dealkylation sites (N-methyl/N-ethyl adjacent to an activating group) is 1. The lowest BCUT2D eigenvalue weighted by molar-refractivity contribution is 0.107. The summed E-state index contributed by atoms with van der Waals surface area (Å²) in [5.74, 6) is 7.55. The number of unbranched alkanes of at least 4 members (excludes halogenated alkanes) is 1. The first kappa shape index (κ1) is 16.5. The molecule has 0 amide bonds. The molecule has 0 radical (unpaired) electrons. The van der Waals surface area contributed by atoms with E-state index in [0.29, 0.717) is 5.92 Å². The Morgan fingerprint density at radius 1 is 1.12 bits per heavy atom. The molecule has 0 rings (SSSR count). The van der Waals surface area contributed by atoms with Crippen molar-refractivity contribution in [2.24, 2.45) is 11.8 Å². The van der Waals surface area contributed by atoms with E-state index in [0.717, 1.165) is 45.1 Å². The molecule has 2 nitrogen and oxygen atoms in total. The molecule has 0 N–H and O–H groups in total. The molecule has 0 bridgehead atoms. The Morgan fingerprint density at radius 2 is 1.82 bits per heavy atom. The molecule has 0 saturated heterocycles. The Balaban J connectivity index is 3.27. The fourth-order valence-electron chi connectivity index (χ4n) is 1.58. The molecule has 0 fully saturated rings.